The number of ether oxygens (including phenoxy) is 2. The molecule has 7 heterocycles. The summed E-state index contributed by atoms with van der Waals surface area (Å²) >= 11 is 0. The predicted molar refractivity (Wildman–Crippen MR) is 149 cm³/mol. The number of rotatable bonds is 6. The molecule has 254 valence electrons. The van der Waals surface area contributed by atoms with Crippen LogP contribution >= 0.6 is 0 Å². The molecule has 3 aromatic heterocycles. The number of pyridine rings is 1. The molecule has 7 rings (SSSR count). The third kappa shape index (κ3) is 9.40. The molecule has 20 heteroatoms. The zero-order valence-corrected chi connectivity index (χ0v) is 24.3. The lowest BCUT2D eigenvalue weighted by Crippen LogP contribution is -2.67. The Bertz CT molecular complexity index is 1550. The van der Waals surface area contributed by atoms with Crippen LogP contribution in [0.25, 0.3) is 16.8 Å². The number of nitrogens with zero attached hydrogens (tertiary/aromatic N) is 7. The van der Waals surface area contributed by atoms with Gasteiger partial charge in [0, 0.05) is 50.4 Å². The van der Waals surface area contributed by atoms with Crippen LogP contribution in [-0.2, 0) is 14.3 Å². The summed E-state index contributed by atoms with van der Waals surface area (Å²) in [6.07, 6.45) is -1.93. The Morgan fingerprint density at radius 2 is 1.62 bits per heavy atom. The van der Waals surface area contributed by atoms with E-state index in [0.717, 1.165) is 57.3 Å². The minimum atomic E-state index is -5.08. The highest BCUT2D eigenvalue weighted by Gasteiger charge is 2.39. The third-order valence-electron chi connectivity index (χ3n) is 7.13. The van der Waals surface area contributed by atoms with Crippen LogP contribution in [0, 0.1) is 11.3 Å². The Kier molecular flexibility index (Phi) is 11.0. The number of halogens is 6. The molecular formula is C27H28F6N8O6. The van der Waals surface area contributed by atoms with Gasteiger partial charge in [0.25, 0.3) is 0 Å². The Morgan fingerprint density at radius 1 is 1.02 bits per heavy atom. The van der Waals surface area contributed by atoms with E-state index in [1.54, 1.807) is 16.9 Å². The van der Waals surface area contributed by atoms with E-state index in [0.29, 0.717) is 41.2 Å². The number of fused-ring (bicyclic) bond motifs is 3. The average Bonchev–Trinajstić information content (AvgIpc) is 3.44. The fourth-order valence-electron chi connectivity index (χ4n) is 4.89. The smallest absolute Gasteiger partial charge is 0.490 e. The lowest BCUT2D eigenvalue weighted by atomic mass is 9.91. The van der Waals surface area contributed by atoms with Crippen LogP contribution in [0.4, 0.5) is 32.2 Å². The molecule has 47 heavy (non-hydrogen) atoms. The van der Waals surface area contributed by atoms with Crippen molar-refractivity contribution in [1.29, 1.82) is 5.26 Å². The molecule has 0 aliphatic carbocycles. The number of nitrogens with one attached hydrogen (secondary N) is 1. The number of anilines is 1. The van der Waals surface area contributed by atoms with Crippen LogP contribution in [0.5, 0.6) is 5.75 Å². The molecular weight excluding hydrogens is 646 g/mol. The van der Waals surface area contributed by atoms with E-state index < -0.39 is 24.3 Å². The number of aliphatic carboxylic acids is 2. The summed E-state index contributed by atoms with van der Waals surface area (Å²) in [7, 11) is 0. The molecule has 4 fully saturated rings. The van der Waals surface area contributed by atoms with Gasteiger partial charge in [0.2, 0.25) is 0 Å². The average molecular weight is 675 g/mol. The van der Waals surface area contributed by atoms with Crippen LogP contribution in [0.3, 0.4) is 0 Å². The van der Waals surface area contributed by atoms with E-state index in [1.165, 1.54) is 6.42 Å². The van der Waals surface area contributed by atoms with E-state index in [-0.39, 0.29) is 0 Å². The standard InChI is InChI=1S/C23H26N8O2.2C2HF3O2/c24-9-16-10-27-31-15-19(33-6-3-29-1-4-32-5-2-29)8-20(23(16)31)21-11-26-22(12-25-21)30-13-17-7-18(14-30)28-17;2*3-2(4,5)1(6)7/h8,10-12,15,17-18,28H,1-7,13-14H2;2*(H,6,7). The van der Waals surface area contributed by atoms with Gasteiger partial charge in [0.05, 0.1) is 54.8 Å². The highest BCUT2D eigenvalue weighted by molar-refractivity contribution is 5.83. The van der Waals surface area contributed by atoms with E-state index in [1.807, 2.05) is 18.5 Å². The first-order valence-electron chi connectivity index (χ1n) is 13.9. The molecule has 0 saturated carbocycles. The van der Waals surface area contributed by atoms with Crippen LogP contribution in [0.2, 0.25) is 0 Å². The number of hydrogen-bond acceptors (Lipinski definition) is 11. The summed E-state index contributed by atoms with van der Waals surface area (Å²) in [4.78, 5) is 31.8. The number of hydrogen-bond donors (Lipinski definition) is 3. The molecule has 2 atom stereocenters. The van der Waals surface area contributed by atoms with Gasteiger partial charge in [0.1, 0.15) is 24.2 Å². The predicted octanol–water partition coefficient (Wildman–Crippen LogP) is 2.19. The zero-order chi connectivity index (χ0) is 34.4. The second-order valence-corrected chi connectivity index (χ2v) is 10.4. The molecule has 3 aromatic rings. The number of piperidine rings is 1. The van der Waals surface area contributed by atoms with Crippen molar-refractivity contribution in [2.75, 3.05) is 57.4 Å². The Morgan fingerprint density at radius 3 is 2.13 bits per heavy atom. The molecule has 4 saturated heterocycles. The summed E-state index contributed by atoms with van der Waals surface area (Å²) in [5, 5.41) is 31.7. The van der Waals surface area contributed by atoms with Gasteiger partial charge < -0.3 is 29.9 Å². The van der Waals surface area contributed by atoms with Crippen molar-refractivity contribution in [3.8, 4) is 23.1 Å². The summed E-state index contributed by atoms with van der Waals surface area (Å²) in [6, 6.07) is 5.28. The number of nitriles is 1. The van der Waals surface area contributed by atoms with Gasteiger partial charge in [-0.1, -0.05) is 0 Å². The second kappa shape index (κ2) is 14.8. The van der Waals surface area contributed by atoms with E-state index in [4.69, 9.17) is 39.2 Å². The van der Waals surface area contributed by atoms with Gasteiger partial charge in [-0.3, -0.25) is 9.88 Å². The van der Waals surface area contributed by atoms with E-state index in [2.05, 4.69) is 26.3 Å². The summed E-state index contributed by atoms with van der Waals surface area (Å²) in [6.45, 7) is 6.71. The summed E-state index contributed by atoms with van der Waals surface area (Å²) < 4.78 is 76.6. The largest absolute Gasteiger partial charge is 0.491 e. The van der Waals surface area contributed by atoms with Crippen molar-refractivity contribution >= 4 is 23.3 Å². The first-order valence-corrected chi connectivity index (χ1v) is 13.9. The highest BCUT2D eigenvalue weighted by Crippen LogP contribution is 2.31. The monoisotopic (exact) mass is 674 g/mol. The normalized spacial score (nSPS) is 19.3. The van der Waals surface area contributed by atoms with Crippen LogP contribution in [0.1, 0.15) is 12.0 Å². The quantitative estimate of drug-likeness (QED) is 0.325. The molecule has 2 unspecified atom stereocenters. The van der Waals surface area contributed by atoms with Gasteiger partial charge in [-0.25, -0.2) is 19.1 Å². The SMILES string of the molecule is N#Cc1cnn2cc(OCCN3CCOCC3)cc(-c3cnc(N4CC5CC(C4)N5)cn3)c12.O=C(O)C(F)(F)F.O=C(O)C(F)(F)F. The molecule has 14 nitrogen and oxygen atoms in total. The molecule has 4 aliphatic heterocycles. The molecule has 3 N–H and O–H groups in total. The molecule has 0 aromatic carbocycles. The number of carbonyl (C=O) groups is 2. The van der Waals surface area contributed by atoms with Gasteiger partial charge in [-0.2, -0.15) is 36.7 Å². The van der Waals surface area contributed by atoms with Crippen molar-refractivity contribution in [2.24, 2.45) is 0 Å². The second-order valence-electron chi connectivity index (χ2n) is 10.4. The summed E-state index contributed by atoms with van der Waals surface area (Å²) in [5.41, 5.74) is 2.69. The maximum absolute atomic E-state index is 10.6. The minimum Gasteiger partial charge on any atom is -0.491 e. The van der Waals surface area contributed by atoms with Crippen LogP contribution in [-0.4, -0.2) is 124 Å². The van der Waals surface area contributed by atoms with Gasteiger partial charge in [-0.15, -0.1) is 0 Å². The maximum atomic E-state index is 10.6. The maximum Gasteiger partial charge on any atom is 0.490 e. The Labute approximate surface area is 262 Å². The lowest BCUT2D eigenvalue weighted by molar-refractivity contribution is -0.193. The molecule has 4 aliphatic rings. The van der Waals surface area contributed by atoms with Crippen molar-refractivity contribution in [2.45, 2.75) is 30.9 Å². The Hall–Kier alpha value is -4.74. The number of carboxylic acids is 2. The van der Waals surface area contributed by atoms with Crippen LogP contribution in [0.15, 0.2) is 30.9 Å². The summed E-state index contributed by atoms with van der Waals surface area (Å²) in [5.74, 6) is -3.94. The number of morpholine rings is 1. The fraction of sp³-hybridized carbons (Fsp3) is 0.481. The van der Waals surface area contributed by atoms with Crippen molar-refractivity contribution < 1.29 is 55.6 Å². The van der Waals surface area contributed by atoms with Gasteiger partial charge in [-0.05, 0) is 12.5 Å². The first kappa shape index (κ1) is 35.1. The number of carboxylic acid groups (broad SMARTS) is 2. The molecule has 0 spiro atoms. The van der Waals surface area contributed by atoms with Crippen molar-refractivity contribution in [1.82, 2.24) is 29.8 Å². The number of piperazine rings is 1. The van der Waals surface area contributed by atoms with Crippen molar-refractivity contribution in [3.63, 3.8) is 0 Å². The lowest BCUT2D eigenvalue weighted by Gasteiger charge is -2.48. The first-order chi connectivity index (χ1) is 22.2. The molecule has 2 bridgehead atoms. The molecule has 0 radical (unpaired) electrons. The fourth-order valence-corrected chi connectivity index (χ4v) is 4.89. The van der Waals surface area contributed by atoms with Gasteiger partial charge >= 0.3 is 24.3 Å². The Balaban J connectivity index is 0.000000301. The van der Waals surface area contributed by atoms with E-state index >= 15 is 0 Å². The van der Waals surface area contributed by atoms with Crippen molar-refractivity contribution in [3.05, 3.63) is 36.4 Å². The number of aromatic nitrogens is 4. The zero-order valence-electron chi connectivity index (χ0n) is 24.3. The third-order valence-corrected chi connectivity index (χ3v) is 7.13. The van der Waals surface area contributed by atoms with Crippen LogP contribution < -0.4 is 15.0 Å². The molecule has 0 amide bonds. The van der Waals surface area contributed by atoms with Gasteiger partial charge in [0.15, 0.2) is 0 Å². The minimum absolute atomic E-state index is 0.498. The topological polar surface area (TPSA) is 178 Å². The van der Waals surface area contributed by atoms with E-state index in [9.17, 15) is 31.6 Å². The highest BCUT2D eigenvalue weighted by atomic mass is 19.4. The number of alkyl halides is 6.